The molecule has 0 atom stereocenters. The predicted molar refractivity (Wildman–Crippen MR) is 98.1 cm³/mol. The molecule has 5 nitrogen and oxygen atoms in total. The normalized spacial score (nSPS) is 11.0. The SMILES string of the molecule is CN(C)C(=O)COc1cccc(C(=O)NCCc2ccc(C(F)(F)F)cc2)c1. The molecule has 8 heteroatoms. The van der Waals surface area contributed by atoms with Gasteiger partial charge in [0.1, 0.15) is 5.75 Å². The van der Waals surface area contributed by atoms with E-state index in [1.165, 1.54) is 23.1 Å². The van der Waals surface area contributed by atoms with E-state index in [1.807, 2.05) is 0 Å². The van der Waals surface area contributed by atoms with Crippen LogP contribution in [0.2, 0.25) is 0 Å². The smallest absolute Gasteiger partial charge is 0.416 e. The first kappa shape index (κ1) is 21.3. The van der Waals surface area contributed by atoms with Crippen molar-refractivity contribution in [2.75, 3.05) is 27.2 Å². The second kappa shape index (κ2) is 9.25. The summed E-state index contributed by atoms with van der Waals surface area (Å²) in [6.45, 7) is 0.139. The molecule has 0 spiro atoms. The Morgan fingerprint density at radius 1 is 1.07 bits per heavy atom. The van der Waals surface area contributed by atoms with Crippen molar-refractivity contribution in [2.45, 2.75) is 12.6 Å². The third-order valence-electron chi connectivity index (χ3n) is 3.94. The van der Waals surface area contributed by atoms with Crippen molar-refractivity contribution < 1.29 is 27.5 Å². The number of halogens is 3. The molecule has 0 bridgehead atoms. The topological polar surface area (TPSA) is 58.6 Å². The summed E-state index contributed by atoms with van der Waals surface area (Å²) in [5.41, 5.74) is 0.347. The Labute approximate surface area is 161 Å². The van der Waals surface area contributed by atoms with Crippen molar-refractivity contribution in [1.29, 1.82) is 0 Å². The standard InChI is InChI=1S/C20H21F3N2O3/c1-25(2)18(26)13-28-17-5-3-4-15(12-17)19(27)24-11-10-14-6-8-16(9-7-14)20(21,22)23/h3-9,12H,10-11,13H2,1-2H3,(H,24,27). The molecule has 0 aliphatic carbocycles. The van der Waals surface area contributed by atoms with Crippen molar-refractivity contribution in [3.8, 4) is 5.75 Å². The van der Waals surface area contributed by atoms with Crippen LogP contribution in [0.3, 0.4) is 0 Å². The van der Waals surface area contributed by atoms with E-state index in [0.29, 0.717) is 23.3 Å². The summed E-state index contributed by atoms with van der Waals surface area (Å²) in [6, 6.07) is 11.2. The van der Waals surface area contributed by atoms with Crippen LogP contribution in [0, 0.1) is 0 Å². The highest BCUT2D eigenvalue weighted by Crippen LogP contribution is 2.29. The number of hydrogen-bond acceptors (Lipinski definition) is 3. The number of alkyl halides is 3. The van der Waals surface area contributed by atoms with Gasteiger partial charge in [0.05, 0.1) is 5.56 Å². The Morgan fingerprint density at radius 2 is 1.75 bits per heavy atom. The highest BCUT2D eigenvalue weighted by molar-refractivity contribution is 5.94. The zero-order valence-electron chi connectivity index (χ0n) is 15.5. The van der Waals surface area contributed by atoms with Gasteiger partial charge in [-0.1, -0.05) is 18.2 Å². The second-order valence-corrected chi connectivity index (χ2v) is 6.31. The average Bonchev–Trinajstić information content (AvgIpc) is 2.65. The molecule has 2 aromatic rings. The Hall–Kier alpha value is -3.03. The molecule has 28 heavy (non-hydrogen) atoms. The van der Waals surface area contributed by atoms with E-state index in [1.54, 1.807) is 32.3 Å². The first-order chi connectivity index (χ1) is 13.2. The van der Waals surface area contributed by atoms with Crippen molar-refractivity contribution in [3.63, 3.8) is 0 Å². The molecule has 0 aliphatic rings. The number of carbonyl (C=O) groups excluding carboxylic acids is 2. The lowest BCUT2D eigenvalue weighted by atomic mass is 10.1. The number of nitrogens with zero attached hydrogens (tertiary/aromatic N) is 1. The molecule has 0 fully saturated rings. The average molecular weight is 394 g/mol. The molecule has 2 aromatic carbocycles. The Bertz CT molecular complexity index is 818. The summed E-state index contributed by atoms with van der Waals surface area (Å²) >= 11 is 0. The van der Waals surface area contributed by atoms with Crippen LogP contribution < -0.4 is 10.1 Å². The van der Waals surface area contributed by atoms with Crippen molar-refractivity contribution in [1.82, 2.24) is 10.2 Å². The summed E-state index contributed by atoms with van der Waals surface area (Å²) in [4.78, 5) is 25.2. The number of likely N-dealkylation sites (N-methyl/N-ethyl adjacent to an activating group) is 1. The zero-order chi connectivity index (χ0) is 20.7. The van der Waals surface area contributed by atoms with E-state index in [4.69, 9.17) is 4.74 Å². The molecule has 0 unspecified atom stereocenters. The van der Waals surface area contributed by atoms with E-state index in [0.717, 1.165) is 12.1 Å². The van der Waals surface area contributed by atoms with Gasteiger partial charge >= 0.3 is 6.18 Å². The van der Waals surface area contributed by atoms with Crippen LogP contribution in [0.5, 0.6) is 5.75 Å². The van der Waals surface area contributed by atoms with Gasteiger partial charge in [0.25, 0.3) is 11.8 Å². The lowest BCUT2D eigenvalue weighted by molar-refractivity contribution is -0.137. The van der Waals surface area contributed by atoms with E-state index >= 15 is 0 Å². The molecule has 0 heterocycles. The Balaban J connectivity index is 1.86. The van der Waals surface area contributed by atoms with Gasteiger partial charge in [0, 0.05) is 26.2 Å². The first-order valence-corrected chi connectivity index (χ1v) is 8.54. The lowest BCUT2D eigenvalue weighted by Gasteiger charge is -2.12. The van der Waals surface area contributed by atoms with Crippen molar-refractivity contribution >= 4 is 11.8 Å². The summed E-state index contributed by atoms with van der Waals surface area (Å²) in [5.74, 6) is -0.145. The van der Waals surface area contributed by atoms with Gasteiger partial charge in [-0.2, -0.15) is 13.2 Å². The summed E-state index contributed by atoms with van der Waals surface area (Å²) in [7, 11) is 3.23. The first-order valence-electron chi connectivity index (χ1n) is 8.54. The molecule has 150 valence electrons. The predicted octanol–water partition coefficient (Wildman–Crippen LogP) is 3.14. The van der Waals surface area contributed by atoms with Crippen LogP contribution in [-0.2, 0) is 17.4 Å². The maximum absolute atomic E-state index is 12.5. The largest absolute Gasteiger partial charge is 0.484 e. The van der Waals surface area contributed by atoms with Gasteiger partial charge in [-0.05, 0) is 42.3 Å². The summed E-state index contributed by atoms with van der Waals surface area (Å²) < 4.78 is 43.0. The molecular weight excluding hydrogens is 373 g/mol. The minimum Gasteiger partial charge on any atom is -0.484 e. The lowest BCUT2D eigenvalue weighted by Crippen LogP contribution is -2.28. The number of benzene rings is 2. The van der Waals surface area contributed by atoms with Gasteiger partial charge in [0.2, 0.25) is 0 Å². The minimum absolute atomic E-state index is 0.133. The monoisotopic (exact) mass is 394 g/mol. The third-order valence-corrected chi connectivity index (χ3v) is 3.94. The fourth-order valence-corrected chi connectivity index (χ4v) is 2.28. The quantitative estimate of drug-likeness (QED) is 0.785. The van der Waals surface area contributed by atoms with Crippen LogP contribution in [0.15, 0.2) is 48.5 Å². The highest BCUT2D eigenvalue weighted by Gasteiger charge is 2.29. The number of ether oxygens (including phenoxy) is 1. The fourth-order valence-electron chi connectivity index (χ4n) is 2.28. The van der Waals surface area contributed by atoms with Crippen LogP contribution >= 0.6 is 0 Å². The Morgan fingerprint density at radius 3 is 2.36 bits per heavy atom. The van der Waals surface area contributed by atoms with E-state index < -0.39 is 11.7 Å². The van der Waals surface area contributed by atoms with Crippen LogP contribution in [0.1, 0.15) is 21.5 Å². The molecule has 0 saturated carbocycles. The second-order valence-electron chi connectivity index (χ2n) is 6.31. The maximum atomic E-state index is 12.5. The third kappa shape index (κ3) is 6.29. The van der Waals surface area contributed by atoms with Crippen molar-refractivity contribution in [3.05, 3.63) is 65.2 Å². The van der Waals surface area contributed by atoms with E-state index in [-0.39, 0.29) is 25.0 Å². The number of rotatable bonds is 7. The van der Waals surface area contributed by atoms with Gasteiger partial charge < -0.3 is 15.0 Å². The van der Waals surface area contributed by atoms with Gasteiger partial charge in [0.15, 0.2) is 6.61 Å². The summed E-state index contributed by atoms with van der Waals surface area (Å²) in [6.07, 6.45) is -3.96. The maximum Gasteiger partial charge on any atom is 0.416 e. The minimum atomic E-state index is -4.36. The van der Waals surface area contributed by atoms with E-state index in [9.17, 15) is 22.8 Å². The van der Waals surface area contributed by atoms with Gasteiger partial charge in [-0.15, -0.1) is 0 Å². The molecule has 2 rings (SSSR count). The molecule has 1 N–H and O–H groups in total. The van der Waals surface area contributed by atoms with Gasteiger partial charge in [-0.3, -0.25) is 9.59 Å². The Kier molecular flexibility index (Phi) is 7.03. The van der Waals surface area contributed by atoms with Crippen LogP contribution in [-0.4, -0.2) is 44.0 Å². The zero-order valence-corrected chi connectivity index (χ0v) is 15.5. The van der Waals surface area contributed by atoms with Crippen molar-refractivity contribution in [2.24, 2.45) is 0 Å². The number of hydrogen-bond donors (Lipinski definition) is 1. The van der Waals surface area contributed by atoms with E-state index in [2.05, 4.69) is 5.32 Å². The highest BCUT2D eigenvalue weighted by atomic mass is 19.4. The summed E-state index contributed by atoms with van der Waals surface area (Å²) in [5, 5.41) is 2.71. The molecule has 0 radical (unpaired) electrons. The van der Waals surface area contributed by atoms with Crippen LogP contribution in [0.25, 0.3) is 0 Å². The number of amides is 2. The van der Waals surface area contributed by atoms with Crippen LogP contribution in [0.4, 0.5) is 13.2 Å². The number of carbonyl (C=O) groups is 2. The van der Waals surface area contributed by atoms with Gasteiger partial charge in [-0.25, -0.2) is 0 Å². The molecule has 0 aliphatic heterocycles. The molecule has 0 saturated heterocycles. The fraction of sp³-hybridized carbons (Fsp3) is 0.300. The molecule has 0 aromatic heterocycles. The molecule has 2 amide bonds. The molecular formula is C20H21F3N2O3. The number of nitrogens with one attached hydrogen (secondary N) is 1.